The van der Waals surface area contributed by atoms with Crippen molar-refractivity contribution in [2.24, 2.45) is 22.7 Å². The summed E-state index contributed by atoms with van der Waals surface area (Å²) in [5.41, 5.74) is 7.29. The Labute approximate surface area is 125 Å². The Morgan fingerprint density at radius 3 is 2.52 bits per heavy atom. The Kier molecular flexibility index (Phi) is 4.96. The zero-order valence-corrected chi connectivity index (χ0v) is 12.9. The van der Waals surface area contributed by atoms with Crippen LogP contribution in [-0.4, -0.2) is 25.3 Å². The first-order valence-electron chi connectivity index (χ1n) is 7.35. The van der Waals surface area contributed by atoms with Gasteiger partial charge in [0.15, 0.2) is 0 Å². The zero-order chi connectivity index (χ0) is 15.4. The number of carbonyl (C=O) groups is 1. The lowest BCUT2D eigenvalue weighted by atomic mass is 9.90. The van der Waals surface area contributed by atoms with Gasteiger partial charge in [0, 0.05) is 0 Å². The van der Waals surface area contributed by atoms with E-state index in [1.807, 2.05) is 24.3 Å². The predicted octanol–water partition coefficient (Wildman–Crippen LogP) is 2.41. The standard InChI is InChI=1S/C16H23N3O2/c1-11(2)15-14(5-4-10-17)16(20)19(18-15)12-6-8-13(21-3)9-7-12/h6-9,11,14H,4-5,10,17H2,1-3H3. The monoisotopic (exact) mass is 289 g/mol. The molecule has 0 fully saturated rings. The largest absolute Gasteiger partial charge is 0.497 e. The number of amides is 1. The van der Waals surface area contributed by atoms with E-state index in [1.54, 1.807) is 7.11 Å². The van der Waals surface area contributed by atoms with Crippen LogP contribution < -0.4 is 15.5 Å². The van der Waals surface area contributed by atoms with Crippen LogP contribution in [0, 0.1) is 11.8 Å². The van der Waals surface area contributed by atoms with Crippen molar-refractivity contribution in [3.63, 3.8) is 0 Å². The van der Waals surface area contributed by atoms with Gasteiger partial charge in [-0.25, -0.2) is 5.01 Å². The van der Waals surface area contributed by atoms with E-state index in [1.165, 1.54) is 5.01 Å². The SMILES string of the molecule is COc1ccc(N2N=C(C(C)C)C(CCCN)C2=O)cc1. The van der Waals surface area contributed by atoms with E-state index in [-0.39, 0.29) is 17.7 Å². The molecule has 1 aliphatic heterocycles. The number of hydrogen-bond donors (Lipinski definition) is 1. The minimum absolute atomic E-state index is 0.0392. The second-order valence-corrected chi connectivity index (χ2v) is 5.51. The zero-order valence-electron chi connectivity index (χ0n) is 12.9. The molecule has 5 heteroatoms. The molecule has 1 aromatic carbocycles. The molecule has 0 aromatic heterocycles. The molecular weight excluding hydrogens is 266 g/mol. The number of nitrogens with zero attached hydrogens (tertiary/aromatic N) is 2. The predicted molar refractivity (Wildman–Crippen MR) is 84.5 cm³/mol. The van der Waals surface area contributed by atoms with Gasteiger partial charge in [0.25, 0.3) is 5.91 Å². The highest BCUT2D eigenvalue weighted by Gasteiger charge is 2.37. The highest BCUT2D eigenvalue weighted by Crippen LogP contribution is 2.30. The molecule has 0 radical (unpaired) electrons. The molecule has 1 amide bonds. The Morgan fingerprint density at radius 2 is 2.00 bits per heavy atom. The number of anilines is 1. The molecule has 1 aromatic rings. The van der Waals surface area contributed by atoms with Crippen molar-refractivity contribution in [3.8, 4) is 5.75 Å². The summed E-state index contributed by atoms with van der Waals surface area (Å²) in [5, 5.41) is 6.06. The van der Waals surface area contributed by atoms with Gasteiger partial charge in [-0.2, -0.15) is 5.10 Å². The van der Waals surface area contributed by atoms with Crippen molar-refractivity contribution < 1.29 is 9.53 Å². The topological polar surface area (TPSA) is 67.9 Å². The minimum Gasteiger partial charge on any atom is -0.497 e. The maximum absolute atomic E-state index is 12.6. The average Bonchev–Trinajstić information content (AvgIpc) is 2.82. The maximum atomic E-state index is 12.6. The molecule has 5 nitrogen and oxygen atoms in total. The van der Waals surface area contributed by atoms with Crippen LogP contribution in [0.5, 0.6) is 5.75 Å². The lowest BCUT2D eigenvalue weighted by molar-refractivity contribution is -0.119. The van der Waals surface area contributed by atoms with Crippen molar-refractivity contribution in [3.05, 3.63) is 24.3 Å². The summed E-state index contributed by atoms with van der Waals surface area (Å²) in [7, 11) is 1.62. The van der Waals surface area contributed by atoms with E-state index in [9.17, 15) is 4.79 Å². The number of nitrogens with two attached hydrogens (primary N) is 1. The van der Waals surface area contributed by atoms with Crippen LogP contribution in [0.2, 0.25) is 0 Å². The van der Waals surface area contributed by atoms with Crippen LogP contribution in [0.3, 0.4) is 0 Å². The van der Waals surface area contributed by atoms with E-state index in [0.29, 0.717) is 6.54 Å². The molecule has 0 saturated carbocycles. The molecular formula is C16H23N3O2. The summed E-state index contributed by atoms with van der Waals surface area (Å²) < 4.78 is 5.14. The first-order chi connectivity index (χ1) is 10.1. The molecule has 0 bridgehead atoms. The Balaban J connectivity index is 2.25. The maximum Gasteiger partial charge on any atom is 0.256 e. The van der Waals surface area contributed by atoms with Gasteiger partial charge in [-0.15, -0.1) is 0 Å². The van der Waals surface area contributed by atoms with Gasteiger partial charge < -0.3 is 10.5 Å². The second kappa shape index (κ2) is 6.72. The van der Waals surface area contributed by atoms with Crippen molar-refractivity contribution in [1.82, 2.24) is 0 Å². The van der Waals surface area contributed by atoms with E-state index < -0.39 is 0 Å². The molecule has 114 valence electrons. The average molecular weight is 289 g/mol. The lowest BCUT2D eigenvalue weighted by Crippen LogP contribution is -2.29. The number of methoxy groups -OCH3 is 1. The van der Waals surface area contributed by atoms with Crippen molar-refractivity contribution in [2.45, 2.75) is 26.7 Å². The van der Waals surface area contributed by atoms with E-state index in [0.717, 1.165) is 30.0 Å². The van der Waals surface area contributed by atoms with E-state index in [4.69, 9.17) is 10.5 Å². The van der Waals surface area contributed by atoms with Crippen LogP contribution in [0.25, 0.3) is 0 Å². The smallest absolute Gasteiger partial charge is 0.256 e. The second-order valence-electron chi connectivity index (χ2n) is 5.51. The summed E-state index contributed by atoms with van der Waals surface area (Å²) in [6.07, 6.45) is 1.59. The van der Waals surface area contributed by atoms with E-state index in [2.05, 4.69) is 18.9 Å². The van der Waals surface area contributed by atoms with E-state index >= 15 is 0 Å². The van der Waals surface area contributed by atoms with Gasteiger partial charge in [-0.05, 0) is 49.6 Å². The highest BCUT2D eigenvalue weighted by atomic mass is 16.5. The summed E-state index contributed by atoms with van der Waals surface area (Å²) >= 11 is 0. The fourth-order valence-electron chi connectivity index (χ4n) is 2.53. The summed E-state index contributed by atoms with van der Waals surface area (Å²) in [6.45, 7) is 4.73. The molecule has 21 heavy (non-hydrogen) atoms. The molecule has 0 spiro atoms. The molecule has 1 unspecified atom stereocenters. The highest BCUT2D eigenvalue weighted by molar-refractivity contribution is 6.16. The minimum atomic E-state index is -0.143. The van der Waals surface area contributed by atoms with Gasteiger partial charge >= 0.3 is 0 Å². The van der Waals surface area contributed by atoms with Crippen molar-refractivity contribution >= 4 is 17.3 Å². The number of rotatable bonds is 6. The molecule has 0 saturated heterocycles. The van der Waals surface area contributed by atoms with Gasteiger partial charge in [0.1, 0.15) is 5.75 Å². The Bertz CT molecular complexity index is 523. The van der Waals surface area contributed by atoms with Crippen LogP contribution in [0.15, 0.2) is 29.4 Å². The molecule has 1 heterocycles. The number of hydrazone groups is 1. The van der Waals surface area contributed by atoms with Gasteiger partial charge in [0.05, 0.1) is 24.4 Å². The van der Waals surface area contributed by atoms with Gasteiger partial charge in [0.2, 0.25) is 0 Å². The van der Waals surface area contributed by atoms with Crippen molar-refractivity contribution in [1.29, 1.82) is 0 Å². The number of ether oxygens (including phenoxy) is 1. The number of hydrogen-bond acceptors (Lipinski definition) is 4. The molecule has 2 N–H and O–H groups in total. The summed E-state index contributed by atoms with van der Waals surface area (Å²) in [5.74, 6) is 0.908. The normalized spacial score (nSPS) is 18.3. The molecule has 1 aliphatic rings. The van der Waals surface area contributed by atoms with Crippen LogP contribution in [0.4, 0.5) is 5.69 Å². The summed E-state index contributed by atoms with van der Waals surface area (Å²) in [6, 6.07) is 7.37. The van der Waals surface area contributed by atoms with Crippen LogP contribution >= 0.6 is 0 Å². The fourth-order valence-corrected chi connectivity index (χ4v) is 2.53. The number of carbonyl (C=O) groups excluding carboxylic acids is 1. The third-order valence-corrected chi connectivity index (χ3v) is 3.68. The quantitative estimate of drug-likeness (QED) is 0.874. The first kappa shape index (κ1) is 15.5. The Morgan fingerprint density at radius 1 is 1.33 bits per heavy atom. The fraction of sp³-hybridized carbons (Fsp3) is 0.500. The lowest BCUT2D eigenvalue weighted by Gasteiger charge is -2.15. The van der Waals surface area contributed by atoms with Crippen molar-refractivity contribution in [2.75, 3.05) is 18.7 Å². The van der Waals surface area contributed by atoms with Gasteiger partial charge in [-0.3, -0.25) is 4.79 Å². The van der Waals surface area contributed by atoms with Gasteiger partial charge in [-0.1, -0.05) is 13.8 Å². The first-order valence-corrected chi connectivity index (χ1v) is 7.35. The van der Waals surface area contributed by atoms with Crippen LogP contribution in [-0.2, 0) is 4.79 Å². The molecule has 0 aliphatic carbocycles. The number of benzene rings is 1. The third-order valence-electron chi connectivity index (χ3n) is 3.68. The molecule has 2 rings (SSSR count). The van der Waals surface area contributed by atoms with Crippen LogP contribution in [0.1, 0.15) is 26.7 Å². The third kappa shape index (κ3) is 3.24. The molecule has 1 atom stereocenters. The Hall–Kier alpha value is -1.88. The summed E-state index contributed by atoms with van der Waals surface area (Å²) in [4.78, 5) is 12.6.